The van der Waals surface area contributed by atoms with Crippen molar-refractivity contribution in [1.82, 2.24) is 9.61 Å². The number of imidazole rings is 1. The summed E-state index contributed by atoms with van der Waals surface area (Å²) in [6.45, 7) is 1.94. The van der Waals surface area contributed by atoms with E-state index in [2.05, 4.69) is 5.10 Å². The van der Waals surface area contributed by atoms with Crippen molar-refractivity contribution in [2.45, 2.75) is 6.92 Å². The van der Waals surface area contributed by atoms with Crippen molar-refractivity contribution in [2.75, 3.05) is 6.61 Å². The van der Waals surface area contributed by atoms with Gasteiger partial charge in [0.25, 0.3) is 5.43 Å². The Labute approximate surface area is 114 Å². The zero-order valence-electron chi connectivity index (χ0n) is 11.2. The number of aryl methyl sites for hydroxylation is 1. The zero-order valence-corrected chi connectivity index (χ0v) is 11.2. The molecule has 0 atom stereocenters. The fourth-order valence-electron chi connectivity index (χ4n) is 2.38. The number of aromatic amines is 1. The van der Waals surface area contributed by atoms with E-state index in [4.69, 9.17) is 4.74 Å². The number of carbonyl (C=O) groups is 1. The molecule has 0 aliphatic heterocycles. The third-order valence-electron chi connectivity index (χ3n) is 3.29. The maximum atomic E-state index is 12.5. The molecule has 0 saturated heterocycles. The first kappa shape index (κ1) is 12.4. The van der Waals surface area contributed by atoms with Gasteiger partial charge in [-0.2, -0.15) is 0 Å². The number of H-pyrrole nitrogens is 1. The first-order valence-electron chi connectivity index (χ1n) is 6.33. The Morgan fingerprint density at radius 3 is 2.90 bits per heavy atom. The van der Waals surface area contributed by atoms with Gasteiger partial charge in [0.15, 0.2) is 5.52 Å². The Morgan fingerprint density at radius 1 is 1.40 bits per heavy atom. The van der Waals surface area contributed by atoms with E-state index in [1.165, 1.54) is 6.20 Å². The van der Waals surface area contributed by atoms with Crippen LogP contribution in [-0.4, -0.2) is 22.2 Å². The van der Waals surface area contributed by atoms with E-state index >= 15 is 0 Å². The lowest BCUT2D eigenvalue weighted by atomic mass is 10.3. The van der Waals surface area contributed by atoms with E-state index in [1.807, 2.05) is 24.3 Å². The molecule has 6 nitrogen and oxygen atoms in total. The van der Waals surface area contributed by atoms with Gasteiger partial charge in [-0.25, -0.2) is 14.5 Å². The molecule has 0 aliphatic rings. The van der Waals surface area contributed by atoms with Crippen molar-refractivity contribution in [1.29, 1.82) is 0 Å². The quantitative estimate of drug-likeness (QED) is 0.554. The van der Waals surface area contributed by atoms with Gasteiger partial charge in [-0.05, 0) is 19.1 Å². The second kappa shape index (κ2) is 4.48. The molecular formula is C14H14N3O3+. The molecule has 1 aromatic carbocycles. The van der Waals surface area contributed by atoms with E-state index in [-0.39, 0.29) is 17.6 Å². The smallest absolute Gasteiger partial charge is 0.355 e. The Bertz CT molecular complexity index is 876. The minimum absolute atomic E-state index is 0.0118. The number of hydrogen-bond acceptors (Lipinski definition) is 3. The number of carbonyl (C=O) groups excluding carboxylic acids is 1. The maximum absolute atomic E-state index is 12.5. The molecule has 0 spiro atoms. The van der Waals surface area contributed by atoms with Crippen LogP contribution in [0.1, 0.15) is 17.3 Å². The Morgan fingerprint density at radius 2 is 2.15 bits per heavy atom. The number of benzene rings is 1. The predicted octanol–water partition coefficient (Wildman–Crippen LogP) is 0.782. The van der Waals surface area contributed by atoms with Gasteiger partial charge < -0.3 is 4.74 Å². The van der Waals surface area contributed by atoms with Crippen molar-refractivity contribution >= 4 is 22.6 Å². The van der Waals surface area contributed by atoms with E-state index in [0.29, 0.717) is 5.65 Å². The van der Waals surface area contributed by atoms with Gasteiger partial charge in [0.05, 0.1) is 19.9 Å². The van der Waals surface area contributed by atoms with E-state index in [1.54, 1.807) is 23.1 Å². The second-order valence-electron chi connectivity index (χ2n) is 4.44. The van der Waals surface area contributed by atoms with Crippen LogP contribution in [0.4, 0.5) is 0 Å². The molecule has 0 radical (unpaired) electrons. The highest BCUT2D eigenvalue weighted by Crippen LogP contribution is 2.11. The lowest BCUT2D eigenvalue weighted by molar-refractivity contribution is -0.619. The normalized spacial score (nSPS) is 11.1. The Kier molecular flexibility index (Phi) is 2.78. The minimum atomic E-state index is -0.610. The van der Waals surface area contributed by atoms with Gasteiger partial charge in [0.2, 0.25) is 5.52 Å². The topological polar surface area (TPSA) is 67.5 Å². The lowest BCUT2D eigenvalue weighted by Gasteiger charge is -1.99. The summed E-state index contributed by atoms with van der Waals surface area (Å²) in [7, 11) is 1.79. The van der Waals surface area contributed by atoms with Crippen LogP contribution >= 0.6 is 0 Å². The van der Waals surface area contributed by atoms with Crippen molar-refractivity contribution in [2.24, 2.45) is 7.05 Å². The molecule has 0 bridgehead atoms. The van der Waals surface area contributed by atoms with Crippen molar-refractivity contribution in [3.8, 4) is 0 Å². The monoisotopic (exact) mass is 272 g/mol. The number of nitrogens with one attached hydrogen (secondary N) is 1. The highest BCUT2D eigenvalue weighted by molar-refractivity contribution is 5.90. The van der Waals surface area contributed by atoms with E-state index in [9.17, 15) is 9.59 Å². The van der Waals surface area contributed by atoms with Crippen LogP contribution in [0.3, 0.4) is 0 Å². The summed E-state index contributed by atoms with van der Waals surface area (Å²) in [5.74, 6) is -0.610. The molecule has 0 saturated carbocycles. The summed E-state index contributed by atoms with van der Waals surface area (Å²) >= 11 is 0. The molecular weight excluding hydrogens is 258 g/mol. The summed E-state index contributed by atoms with van der Waals surface area (Å²) in [5.41, 5.74) is 1.84. The number of hydrogen-bond donors (Lipinski definition) is 1. The van der Waals surface area contributed by atoms with Gasteiger partial charge in [-0.1, -0.05) is 12.1 Å². The minimum Gasteiger partial charge on any atom is -0.462 e. The van der Waals surface area contributed by atoms with Crippen molar-refractivity contribution in [3.63, 3.8) is 0 Å². The molecule has 0 unspecified atom stereocenters. The van der Waals surface area contributed by atoms with Crippen LogP contribution < -0.4 is 10.00 Å². The summed E-state index contributed by atoms with van der Waals surface area (Å²) in [6, 6.07) is 7.62. The summed E-state index contributed by atoms with van der Waals surface area (Å²) in [6.07, 6.45) is 1.39. The first-order valence-corrected chi connectivity index (χ1v) is 6.33. The number of nitrogens with zero attached hydrogens (tertiary/aromatic N) is 2. The van der Waals surface area contributed by atoms with Crippen LogP contribution in [0.15, 0.2) is 35.3 Å². The molecule has 1 N–H and O–H groups in total. The number of fused-ring (bicyclic) bond motifs is 3. The molecule has 0 fully saturated rings. The molecule has 102 valence electrons. The average molecular weight is 272 g/mol. The van der Waals surface area contributed by atoms with Crippen molar-refractivity contribution in [3.05, 3.63) is 46.2 Å². The Balaban J connectivity index is 2.39. The second-order valence-corrected chi connectivity index (χ2v) is 4.44. The summed E-state index contributed by atoms with van der Waals surface area (Å²) in [5, 5.41) is 2.96. The first-order chi connectivity index (χ1) is 9.65. The molecule has 3 rings (SSSR count). The standard InChI is InChI=1S/C14H13N3O3/c1-3-20-14(19)9-8-15-17-11-7-5-4-6-10(11)16(2)13(17)12(9)18/h4-8H,3H2,1-2H3/p+1. The molecule has 2 heterocycles. The van der Waals surface area contributed by atoms with E-state index < -0.39 is 5.97 Å². The highest BCUT2D eigenvalue weighted by Gasteiger charge is 2.24. The van der Waals surface area contributed by atoms with Crippen LogP contribution in [0.2, 0.25) is 0 Å². The molecule has 3 aromatic rings. The van der Waals surface area contributed by atoms with Crippen LogP contribution in [0.5, 0.6) is 0 Å². The number of esters is 1. The molecule has 0 aliphatic carbocycles. The molecule has 6 heteroatoms. The zero-order chi connectivity index (χ0) is 14.3. The fraction of sp³-hybridized carbons (Fsp3) is 0.214. The largest absolute Gasteiger partial charge is 0.462 e. The fourth-order valence-corrected chi connectivity index (χ4v) is 2.38. The van der Waals surface area contributed by atoms with Crippen LogP contribution in [0, 0.1) is 0 Å². The predicted molar refractivity (Wildman–Crippen MR) is 72.7 cm³/mol. The summed E-state index contributed by atoms with van der Waals surface area (Å²) in [4.78, 5) is 24.2. The maximum Gasteiger partial charge on any atom is 0.355 e. The van der Waals surface area contributed by atoms with Crippen molar-refractivity contribution < 1.29 is 14.1 Å². The SMILES string of the molecule is CCOC(=O)c1c[nH]n2c3ccccc3[n+](C)c2c1=O. The van der Waals surface area contributed by atoms with E-state index in [0.717, 1.165) is 11.0 Å². The van der Waals surface area contributed by atoms with Gasteiger partial charge in [-0.15, -0.1) is 4.52 Å². The van der Waals surface area contributed by atoms with Gasteiger partial charge in [0.1, 0.15) is 5.56 Å². The highest BCUT2D eigenvalue weighted by atomic mass is 16.5. The van der Waals surface area contributed by atoms with Gasteiger partial charge in [-0.3, -0.25) is 4.79 Å². The molecule has 20 heavy (non-hydrogen) atoms. The Hall–Kier alpha value is -2.63. The molecule has 2 aromatic heterocycles. The number of rotatable bonds is 2. The number of ether oxygens (including phenoxy) is 1. The number of para-hydroxylation sites is 2. The molecule has 0 amide bonds. The van der Waals surface area contributed by atoms with Gasteiger partial charge in [0, 0.05) is 0 Å². The third kappa shape index (κ3) is 1.61. The third-order valence-corrected chi connectivity index (χ3v) is 3.29. The number of aromatic nitrogens is 3. The summed E-state index contributed by atoms with van der Waals surface area (Å²) < 4.78 is 8.32. The van der Waals surface area contributed by atoms with Crippen LogP contribution in [0.25, 0.3) is 16.7 Å². The van der Waals surface area contributed by atoms with Crippen LogP contribution in [-0.2, 0) is 11.8 Å². The average Bonchev–Trinajstić information content (AvgIpc) is 2.74. The van der Waals surface area contributed by atoms with Gasteiger partial charge >= 0.3 is 11.6 Å². The lowest BCUT2D eigenvalue weighted by Crippen LogP contribution is -2.34.